The first-order valence-corrected chi connectivity index (χ1v) is 7.01. The van der Waals surface area contributed by atoms with Crippen molar-refractivity contribution < 1.29 is 0 Å². The number of anilines is 3. The summed E-state index contributed by atoms with van der Waals surface area (Å²) >= 11 is 3.58. The van der Waals surface area contributed by atoms with Gasteiger partial charge in [-0.3, -0.25) is 0 Å². The van der Waals surface area contributed by atoms with Gasteiger partial charge in [0.2, 0.25) is 0 Å². The third kappa shape index (κ3) is 3.44. The predicted octanol–water partition coefficient (Wildman–Crippen LogP) is 4.03. The maximum atomic E-state index is 4.40. The first kappa shape index (κ1) is 13.8. The summed E-state index contributed by atoms with van der Waals surface area (Å²) in [5, 5.41) is 6.51. The number of aromatic nitrogens is 2. The van der Waals surface area contributed by atoms with Gasteiger partial charge in [0.05, 0.1) is 5.69 Å². The van der Waals surface area contributed by atoms with E-state index in [0.29, 0.717) is 0 Å². The van der Waals surface area contributed by atoms with Gasteiger partial charge < -0.3 is 10.6 Å². The molecule has 1 heterocycles. The van der Waals surface area contributed by atoms with E-state index in [1.807, 2.05) is 32.0 Å². The van der Waals surface area contributed by atoms with Crippen LogP contribution in [0.3, 0.4) is 0 Å². The Morgan fingerprint density at radius 1 is 1.16 bits per heavy atom. The van der Waals surface area contributed by atoms with Crippen LogP contribution in [0.4, 0.5) is 17.3 Å². The van der Waals surface area contributed by atoms with Gasteiger partial charge in [-0.25, -0.2) is 9.97 Å². The molecular formula is C14H17BrN4. The molecule has 0 saturated carbocycles. The minimum atomic E-state index is 0.740. The van der Waals surface area contributed by atoms with Gasteiger partial charge in [-0.15, -0.1) is 0 Å². The van der Waals surface area contributed by atoms with Crippen LogP contribution in [0.1, 0.15) is 18.3 Å². The van der Waals surface area contributed by atoms with Gasteiger partial charge in [0.25, 0.3) is 0 Å². The zero-order valence-corrected chi connectivity index (χ0v) is 12.9. The minimum absolute atomic E-state index is 0.740. The maximum Gasteiger partial charge on any atom is 0.136 e. The lowest BCUT2D eigenvalue weighted by molar-refractivity contribution is 1.04. The number of benzene rings is 1. The van der Waals surface area contributed by atoms with Crippen LogP contribution in [-0.2, 0) is 0 Å². The molecule has 2 aromatic rings. The van der Waals surface area contributed by atoms with E-state index in [1.165, 1.54) is 5.56 Å². The summed E-state index contributed by atoms with van der Waals surface area (Å²) in [7, 11) is 0. The average Bonchev–Trinajstić information content (AvgIpc) is 2.35. The molecule has 0 spiro atoms. The van der Waals surface area contributed by atoms with Gasteiger partial charge in [0, 0.05) is 17.1 Å². The zero-order chi connectivity index (χ0) is 13.8. The molecule has 1 aromatic carbocycles. The highest BCUT2D eigenvalue weighted by atomic mass is 79.9. The molecule has 4 nitrogen and oxygen atoms in total. The van der Waals surface area contributed by atoms with Crippen molar-refractivity contribution in [2.75, 3.05) is 17.2 Å². The summed E-state index contributed by atoms with van der Waals surface area (Å²) in [6.07, 6.45) is 0. The summed E-state index contributed by atoms with van der Waals surface area (Å²) in [4.78, 5) is 8.73. The number of rotatable bonds is 4. The second-order valence-electron chi connectivity index (χ2n) is 4.28. The molecule has 100 valence electrons. The molecule has 0 aliphatic rings. The van der Waals surface area contributed by atoms with Crippen molar-refractivity contribution in [3.05, 3.63) is 40.1 Å². The maximum absolute atomic E-state index is 4.40. The monoisotopic (exact) mass is 320 g/mol. The largest absolute Gasteiger partial charge is 0.370 e. The highest BCUT2D eigenvalue weighted by Crippen LogP contribution is 2.28. The van der Waals surface area contributed by atoms with Crippen molar-refractivity contribution in [3.63, 3.8) is 0 Å². The van der Waals surface area contributed by atoms with Crippen LogP contribution in [0.25, 0.3) is 0 Å². The van der Waals surface area contributed by atoms with Crippen LogP contribution in [0, 0.1) is 13.8 Å². The molecule has 0 unspecified atom stereocenters. The molecule has 0 fully saturated rings. The zero-order valence-electron chi connectivity index (χ0n) is 11.3. The Kier molecular flexibility index (Phi) is 4.37. The van der Waals surface area contributed by atoms with Crippen LogP contribution in [0.5, 0.6) is 0 Å². The van der Waals surface area contributed by atoms with E-state index in [2.05, 4.69) is 49.5 Å². The molecule has 2 N–H and O–H groups in total. The van der Waals surface area contributed by atoms with Gasteiger partial charge >= 0.3 is 0 Å². The van der Waals surface area contributed by atoms with E-state index in [1.54, 1.807) is 0 Å². The SMILES string of the molecule is CCNc1cc(Nc2cccc(C)c2Br)nc(C)n1. The summed E-state index contributed by atoms with van der Waals surface area (Å²) in [5.74, 6) is 2.36. The van der Waals surface area contributed by atoms with E-state index in [4.69, 9.17) is 0 Å². The van der Waals surface area contributed by atoms with E-state index < -0.39 is 0 Å². The summed E-state index contributed by atoms with van der Waals surface area (Å²) in [5.41, 5.74) is 2.18. The van der Waals surface area contributed by atoms with Gasteiger partial charge in [-0.1, -0.05) is 12.1 Å². The average molecular weight is 321 g/mol. The standard InChI is InChI=1S/C14H17BrN4/c1-4-16-12-8-13(18-10(3)17-12)19-11-7-5-6-9(2)14(11)15/h5-8H,4H2,1-3H3,(H2,16,17,18,19). The van der Waals surface area contributed by atoms with Crippen molar-refractivity contribution in [3.8, 4) is 0 Å². The number of hydrogen-bond donors (Lipinski definition) is 2. The normalized spacial score (nSPS) is 10.3. The molecule has 0 atom stereocenters. The molecule has 0 bridgehead atoms. The van der Waals surface area contributed by atoms with Crippen molar-refractivity contribution in [1.82, 2.24) is 9.97 Å². The molecule has 0 amide bonds. The molecule has 5 heteroatoms. The Labute approximate surface area is 121 Å². The van der Waals surface area contributed by atoms with Crippen molar-refractivity contribution >= 4 is 33.3 Å². The fourth-order valence-corrected chi connectivity index (χ4v) is 2.15. The summed E-state index contributed by atoms with van der Waals surface area (Å²) in [6.45, 7) is 6.83. The van der Waals surface area contributed by atoms with Gasteiger partial charge in [0.1, 0.15) is 17.5 Å². The lowest BCUT2D eigenvalue weighted by Crippen LogP contribution is -2.04. The molecule has 0 aliphatic heterocycles. The Bertz CT molecular complexity index is 584. The van der Waals surface area contributed by atoms with Gasteiger partial charge in [0.15, 0.2) is 0 Å². The first-order chi connectivity index (χ1) is 9.10. The van der Waals surface area contributed by atoms with Gasteiger partial charge in [-0.05, 0) is 48.3 Å². The third-order valence-corrected chi connectivity index (χ3v) is 3.70. The van der Waals surface area contributed by atoms with Crippen LogP contribution >= 0.6 is 15.9 Å². The number of nitrogens with zero attached hydrogens (tertiary/aromatic N) is 2. The van der Waals surface area contributed by atoms with E-state index >= 15 is 0 Å². The van der Waals surface area contributed by atoms with Crippen molar-refractivity contribution in [2.45, 2.75) is 20.8 Å². The van der Waals surface area contributed by atoms with E-state index in [-0.39, 0.29) is 0 Å². The third-order valence-electron chi connectivity index (χ3n) is 2.65. The van der Waals surface area contributed by atoms with Crippen LogP contribution in [0.15, 0.2) is 28.7 Å². The topological polar surface area (TPSA) is 49.8 Å². The quantitative estimate of drug-likeness (QED) is 0.892. The van der Waals surface area contributed by atoms with Gasteiger partial charge in [-0.2, -0.15) is 0 Å². The van der Waals surface area contributed by atoms with Crippen molar-refractivity contribution in [2.24, 2.45) is 0 Å². The Morgan fingerprint density at radius 3 is 2.63 bits per heavy atom. The fraction of sp³-hybridized carbons (Fsp3) is 0.286. The number of nitrogens with one attached hydrogen (secondary N) is 2. The minimum Gasteiger partial charge on any atom is -0.370 e. The van der Waals surface area contributed by atoms with Crippen molar-refractivity contribution in [1.29, 1.82) is 0 Å². The fourth-order valence-electron chi connectivity index (χ4n) is 1.79. The molecule has 0 radical (unpaired) electrons. The molecule has 0 saturated heterocycles. The summed E-state index contributed by atoms with van der Waals surface area (Å²) < 4.78 is 1.05. The lowest BCUT2D eigenvalue weighted by atomic mass is 10.2. The highest BCUT2D eigenvalue weighted by Gasteiger charge is 2.05. The Hall–Kier alpha value is -1.62. The summed E-state index contributed by atoms with van der Waals surface area (Å²) in [6, 6.07) is 8.00. The second-order valence-corrected chi connectivity index (χ2v) is 5.07. The number of hydrogen-bond acceptors (Lipinski definition) is 4. The lowest BCUT2D eigenvalue weighted by Gasteiger charge is -2.11. The highest BCUT2D eigenvalue weighted by molar-refractivity contribution is 9.10. The molecule has 0 aliphatic carbocycles. The molecular weight excluding hydrogens is 304 g/mol. The number of aryl methyl sites for hydroxylation is 2. The molecule has 1 aromatic heterocycles. The molecule has 19 heavy (non-hydrogen) atoms. The van der Waals surface area contributed by atoms with Crippen LogP contribution in [-0.4, -0.2) is 16.5 Å². The smallest absolute Gasteiger partial charge is 0.136 e. The second kappa shape index (κ2) is 6.02. The Morgan fingerprint density at radius 2 is 1.89 bits per heavy atom. The van der Waals surface area contributed by atoms with Crippen LogP contribution < -0.4 is 10.6 Å². The molecule has 2 rings (SSSR count). The van der Waals surface area contributed by atoms with E-state index in [9.17, 15) is 0 Å². The Balaban J connectivity index is 2.30. The van der Waals surface area contributed by atoms with Crippen LogP contribution in [0.2, 0.25) is 0 Å². The van der Waals surface area contributed by atoms with E-state index in [0.717, 1.165) is 34.2 Å². The predicted molar refractivity (Wildman–Crippen MR) is 83.1 cm³/mol. The first-order valence-electron chi connectivity index (χ1n) is 6.22. The number of halogens is 1.